The third-order valence-corrected chi connectivity index (χ3v) is 2.39. The van der Waals surface area contributed by atoms with Gasteiger partial charge in [0.15, 0.2) is 0 Å². The molecule has 11 heavy (non-hydrogen) atoms. The molecule has 0 spiro atoms. The van der Waals surface area contributed by atoms with Crippen LogP contribution in [0.1, 0.15) is 24.5 Å². The van der Waals surface area contributed by atoms with E-state index in [0.29, 0.717) is 5.92 Å². The highest BCUT2D eigenvalue weighted by atomic mass is 35.5. The first-order valence-electron chi connectivity index (χ1n) is 3.81. The molecule has 1 aromatic heterocycles. The molecule has 0 amide bonds. The molecule has 1 aliphatic rings. The first-order valence-corrected chi connectivity index (χ1v) is 4.19. The minimum Gasteiger partial charge on any atom is -0.259 e. The van der Waals surface area contributed by atoms with Gasteiger partial charge in [-0.05, 0) is 31.4 Å². The number of hydrogen-bond donors (Lipinski definition) is 0. The number of nitrogens with zero attached hydrogens (tertiary/aromatic N) is 1. The molecular weight excluding hydrogens is 158 g/mol. The van der Waals surface area contributed by atoms with Gasteiger partial charge in [0.2, 0.25) is 0 Å². The van der Waals surface area contributed by atoms with Crippen LogP contribution in [0.25, 0.3) is 0 Å². The summed E-state index contributed by atoms with van der Waals surface area (Å²) in [4.78, 5) is 4.24. The summed E-state index contributed by atoms with van der Waals surface area (Å²) in [6, 6.07) is 3.76. The summed E-state index contributed by atoms with van der Waals surface area (Å²) in [5, 5.41) is 0.799. The molecule has 57 valence electrons. The topological polar surface area (TPSA) is 12.9 Å². The van der Waals surface area contributed by atoms with Crippen LogP contribution in [0, 0.1) is 6.42 Å². The molecule has 1 nitrogen and oxygen atoms in total. The van der Waals surface area contributed by atoms with Gasteiger partial charge in [-0.15, -0.1) is 0 Å². The van der Waals surface area contributed by atoms with Crippen LogP contribution in [0.15, 0.2) is 18.3 Å². The zero-order valence-electron chi connectivity index (χ0n) is 6.13. The second kappa shape index (κ2) is 2.82. The van der Waals surface area contributed by atoms with Crippen LogP contribution in [0.5, 0.6) is 0 Å². The van der Waals surface area contributed by atoms with Crippen molar-refractivity contribution in [2.45, 2.75) is 18.8 Å². The van der Waals surface area contributed by atoms with Crippen molar-refractivity contribution < 1.29 is 0 Å². The lowest BCUT2D eigenvalue weighted by molar-refractivity contribution is 0.541. The highest BCUT2D eigenvalue weighted by Gasteiger charge is 2.22. The van der Waals surface area contributed by atoms with Gasteiger partial charge in [0.05, 0.1) is 10.7 Å². The molecule has 0 bridgehead atoms. The van der Waals surface area contributed by atoms with Crippen LogP contribution in [0.2, 0.25) is 5.02 Å². The summed E-state index contributed by atoms with van der Waals surface area (Å²) in [6.45, 7) is 0. The second-order valence-corrected chi connectivity index (χ2v) is 3.20. The van der Waals surface area contributed by atoms with Crippen LogP contribution < -0.4 is 0 Å². The summed E-state index contributed by atoms with van der Waals surface area (Å²) in [6.07, 6.45) is 6.47. The van der Waals surface area contributed by atoms with Gasteiger partial charge < -0.3 is 0 Å². The van der Waals surface area contributed by atoms with E-state index in [9.17, 15) is 0 Å². The normalized spacial score (nSPS) is 17.9. The van der Waals surface area contributed by atoms with Crippen molar-refractivity contribution in [1.29, 1.82) is 0 Å². The predicted molar refractivity (Wildman–Crippen MR) is 45.5 cm³/mol. The lowest BCUT2D eigenvalue weighted by Crippen LogP contribution is -2.11. The maximum absolute atomic E-state index is 5.95. The number of aromatic nitrogens is 1. The van der Waals surface area contributed by atoms with E-state index in [-0.39, 0.29) is 0 Å². The van der Waals surface area contributed by atoms with Gasteiger partial charge in [0, 0.05) is 12.1 Å². The number of pyridine rings is 1. The van der Waals surface area contributed by atoms with Crippen molar-refractivity contribution in [2.24, 2.45) is 0 Å². The Morgan fingerprint density at radius 3 is 2.91 bits per heavy atom. The molecule has 0 aromatic carbocycles. The average molecular weight is 167 g/mol. The molecule has 0 saturated heterocycles. The van der Waals surface area contributed by atoms with Crippen molar-refractivity contribution in [2.75, 3.05) is 0 Å². The van der Waals surface area contributed by atoms with Crippen LogP contribution in [-0.2, 0) is 0 Å². The molecule has 1 radical (unpaired) electrons. The fraction of sp³-hybridized carbons (Fsp3) is 0.333. The first-order chi connectivity index (χ1) is 5.38. The Hall–Kier alpha value is -0.560. The Balaban J connectivity index is 2.28. The van der Waals surface area contributed by atoms with Gasteiger partial charge in [0.25, 0.3) is 0 Å². The molecule has 1 aliphatic carbocycles. The molecule has 0 aliphatic heterocycles. The minimum absolute atomic E-state index is 0.517. The quantitative estimate of drug-likeness (QED) is 0.625. The minimum atomic E-state index is 0.517. The lowest BCUT2D eigenvalue weighted by atomic mass is 9.83. The molecule has 2 heteroatoms. The van der Waals surface area contributed by atoms with Crippen LogP contribution in [-0.4, -0.2) is 4.98 Å². The Morgan fingerprint density at radius 2 is 2.36 bits per heavy atom. The van der Waals surface area contributed by atoms with Gasteiger partial charge in [-0.2, -0.15) is 0 Å². The van der Waals surface area contributed by atoms with E-state index < -0.39 is 0 Å². The highest BCUT2D eigenvalue weighted by Crippen LogP contribution is 2.36. The van der Waals surface area contributed by atoms with Crippen molar-refractivity contribution in [3.05, 3.63) is 35.5 Å². The van der Waals surface area contributed by atoms with Crippen molar-refractivity contribution in [3.63, 3.8) is 0 Å². The Kier molecular flexibility index (Phi) is 1.82. The Morgan fingerprint density at radius 1 is 1.55 bits per heavy atom. The molecule has 1 atom stereocenters. The van der Waals surface area contributed by atoms with Crippen molar-refractivity contribution >= 4 is 11.6 Å². The molecule has 1 aromatic rings. The summed E-state index contributed by atoms with van der Waals surface area (Å²) in [5.74, 6) is 0.517. The van der Waals surface area contributed by atoms with Crippen LogP contribution >= 0.6 is 11.6 Å². The van der Waals surface area contributed by atoms with Crippen LogP contribution in [0.4, 0.5) is 0 Å². The molecule has 1 fully saturated rings. The maximum atomic E-state index is 5.95. The summed E-state index contributed by atoms with van der Waals surface area (Å²) < 4.78 is 0. The SMILES string of the molecule is Clc1cccnc1C1[CH]CC1. The van der Waals surface area contributed by atoms with Gasteiger partial charge >= 0.3 is 0 Å². The van der Waals surface area contributed by atoms with E-state index in [2.05, 4.69) is 11.4 Å². The first kappa shape index (κ1) is 7.11. The molecular formula is C9H9ClN. The zero-order valence-corrected chi connectivity index (χ0v) is 6.88. The summed E-state index contributed by atoms with van der Waals surface area (Å²) >= 11 is 5.95. The third-order valence-electron chi connectivity index (χ3n) is 2.07. The van der Waals surface area contributed by atoms with Gasteiger partial charge in [-0.3, -0.25) is 4.98 Å². The highest BCUT2D eigenvalue weighted by molar-refractivity contribution is 6.31. The average Bonchev–Trinajstić information content (AvgIpc) is 1.90. The molecule has 1 saturated carbocycles. The predicted octanol–water partition coefficient (Wildman–Crippen LogP) is 2.82. The van der Waals surface area contributed by atoms with E-state index in [1.807, 2.05) is 12.1 Å². The van der Waals surface area contributed by atoms with E-state index in [4.69, 9.17) is 11.6 Å². The molecule has 1 heterocycles. The third kappa shape index (κ3) is 1.25. The molecule has 1 unspecified atom stereocenters. The van der Waals surface area contributed by atoms with E-state index in [0.717, 1.165) is 10.7 Å². The Labute approximate surface area is 71.4 Å². The lowest BCUT2D eigenvalue weighted by Gasteiger charge is -2.24. The van der Waals surface area contributed by atoms with Crippen molar-refractivity contribution in [3.8, 4) is 0 Å². The monoisotopic (exact) mass is 166 g/mol. The van der Waals surface area contributed by atoms with E-state index in [1.165, 1.54) is 12.8 Å². The summed E-state index contributed by atoms with van der Waals surface area (Å²) in [5.41, 5.74) is 1.04. The molecule has 0 N–H and O–H groups in total. The van der Waals surface area contributed by atoms with Gasteiger partial charge in [-0.25, -0.2) is 0 Å². The number of hydrogen-bond acceptors (Lipinski definition) is 1. The standard InChI is InChI=1S/C9H9ClN/c10-8-5-2-6-11-9(8)7-3-1-4-7/h2-3,5-7H,1,4H2. The number of rotatable bonds is 1. The smallest absolute Gasteiger partial charge is 0.0624 e. The fourth-order valence-corrected chi connectivity index (χ4v) is 1.51. The fourth-order valence-electron chi connectivity index (χ4n) is 1.25. The largest absolute Gasteiger partial charge is 0.259 e. The maximum Gasteiger partial charge on any atom is 0.0624 e. The van der Waals surface area contributed by atoms with E-state index >= 15 is 0 Å². The Bertz CT molecular complexity index is 255. The second-order valence-electron chi connectivity index (χ2n) is 2.79. The van der Waals surface area contributed by atoms with E-state index in [1.54, 1.807) is 6.20 Å². The van der Waals surface area contributed by atoms with Gasteiger partial charge in [0.1, 0.15) is 0 Å². The summed E-state index contributed by atoms with van der Waals surface area (Å²) in [7, 11) is 0. The molecule has 2 rings (SSSR count). The zero-order chi connectivity index (χ0) is 7.68. The number of halogens is 1. The van der Waals surface area contributed by atoms with Gasteiger partial charge in [-0.1, -0.05) is 11.6 Å². The van der Waals surface area contributed by atoms with Crippen LogP contribution in [0.3, 0.4) is 0 Å². The van der Waals surface area contributed by atoms with Crippen molar-refractivity contribution in [1.82, 2.24) is 4.98 Å².